The van der Waals surface area contributed by atoms with Crippen LogP contribution in [-0.2, 0) is 18.7 Å². The molecule has 3 aliphatic rings. The van der Waals surface area contributed by atoms with Gasteiger partial charge in [0.2, 0.25) is 5.78 Å². The van der Waals surface area contributed by atoms with Crippen molar-refractivity contribution < 1.29 is 37.7 Å². The van der Waals surface area contributed by atoms with E-state index in [1.54, 1.807) is 35.2 Å². The van der Waals surface area contributed by atoms with Gasteiger partial charge >= 0.3 is 7.82 Å². The molecule has 4 heterocycles. The summed E-state index contributed by atoms with van der Waals surface area (Å²) in [4.78, 5) is 61.8. The number of hydrogen-bond acceptors (Lipinski definition) is 9. The van der Waals surface area contributed by atoms with E-state index in [9.17, 15) is 28.7 Å². The van der Waals surface area contributed by atoms with E-state index in [0.717, 1.165) is 6.20 Å². The van der Waals surface area contributed by atoms with Crippen molar-refractivity contribution in [3.63, 3.8) is 0 Å². The van der Waals surface area contributed by atoms with Crippen LogP contribution in [0.15, 0.2) is 72.0 Å². The molecule has 0 unspecified atom stereocenters. The zero-order valence-corrected chi connectivity index (χ0v) is 21.2. The topological polar surface area (TPSA) is 162 Å². The lowest BCUT2D eigenvalue weighted by molar-refractivity contribution is -0.143. The van der Waals surface area contributed by atoms with Crippen molar-refractivity contribution >= 4 is 31.1 Å². The largest absolute Gasteiger partial charge is 0.471 e. The molecule has 0 bridgehead atoms. The fourth-order valence-electron chi connectivity index (χ4n) is 4.55. The summed E-state index contributed by atoms with van der Waals surface area (Å²) in [5, 5.41) is 7.74. The molecule has 2 N–H and O–H groups in total. The summed E-state index contributed by atoms with van der Waals surface area (Å²) in [5.74, 6) is -2.06. The number of phosphoric acid groups is 1. The van der Waals surface area contributed by atoms with E-state index >= 15 is 4.48 Å². The van der Waals surface area contributed by atoms with E-state index in [4.69, 9.17) is 0 Å². The Hall–Kier alpha value is -4.17. The minimum atomic E-state index is -4.92. The molecule has 1 saturated heterocycles. The third kappa shape index (κ3) is 5.38. The average molecular weight is 559 g/mol. The lowest BCUT2D eigenvalue weighted by atomic mass is 10.1. The molecule has 39 heavy (non-hydrogen) atoms. The van der Waals surface area contributed by atoms with Gasteiger partial charge in [0, 0.05) is 37.9 Å². The first-order valence-electron chi connectivity index (χ1n) is 11.7. The Bertz CT molecular complexity index is 1430. The second-order valence-electron chi connectivity index (χ2n) is 8.76. The first-order valence-corrected chi connectivity index (χ1v) is 13.3. The van der Waals surface area contributed by atoms with Gasteiger partial charge in [-0.3, -0.25) is 18.9 Å². The molecule has 5 rings (SSSR count). The molecule has 0 aliphatic carbocycles. The molecule has 0 radical (unpaired) electrons. The first-order chi connectivity index (χ1) is 18.6. The van der Waals surface area contributed by atoms with Crippen LogP contribution in [0.3, 0.4) is 0 Å². The predicted octanol–water partition coefficient (Wildman–Crippen LogP) is 0.351. The van der Waals surface area contributed by atoms with Crippen LogP contribution < -0.4 is 0 Å². The van der Waals surface area contributed by atoms with Gasteiger partial charge in [-0.05, 0) is 18.2 Å². The summed E-state index contributed by atoms with van der Waals surface area (Å²) in [5.41, 5.74) is 0.298. The second kappa shape index (κ2) is 10.5. The van der Waals surface area contributed by atoms with E-state index in [0.29, 0.717) is 5.56 Å². The Labute approximate surface area is 221 Å². The fraction of sp³-hybridized carbons (Fsp3) is 0.261. The molecule has 2 aromatic rings. The first kappa shape index (κ1) is 26.4. The number of halogens is 1. The maximum Gasteiger partial charge on any atom is 0.471 e. The van der Waals surface area contributed by atoms with Crippen LogP contribution in [0.2, 0.25) is 0 Å². The molecule has 0 atom stereocenters. The summed E-state index contributed by atoms with van der Waals surface area (Å²) in [6.07, 6.45) is 5.18. The summed E-state index contributed by atoms with van der Waals surface area (Å²) < 4.78 is 32.3. The number of aromatic nitrogens is 3. The van der Waals surface area contributed by atoms with E-state index in [1.165, 1.54) is 33.0 Å². The number of piperazine rings is 1. The van der Waals surface area contributed by atoms with Crippen LogP contribution in [-0.4, -0.2) is 102 Å². The quantitative estimate of drug-likeness (QED) is 0.274. The SMILES string of the molecule is O=C(C(=O)N1CCN(C(=O)c2ccccc2)CC1)C1=C2C(=C(n3ccnn3)C=CN2F)N(COP(=O)(O)O)C1. The van der Waals surface area contributed by atoms with Gasteiger partial charge in [0.15, 0.2) is 0 Å². The van der Waals surface area contributed by atoms with Crippen molar-refractivity contribution in [1.82, 2.24) is 34.8 Å². The normalized spacial score (nSPS) is 17.7. The fourth-order valence-corrected chi connectivity index (χ4v) is 4.83. The molecule has 2 amide bonds. The van der Waals surface area contributed by atoms with Crippen LogP contribution >= 0.6 is 7.82 Å². The molecule has 16 heteroatoms. The van der Waals surface area contributed by atoms with Gasteiger partial charge in [0.25, 0.3) is 11.8 Å². The monoisotopic (exact) mass is 559 g/mol. The van der Waals surface area contributed by atoms with Crippen LogP contribution in [0, 0.1) is 0 Å². The van der Waals surface area contributed by atoms with Crippen molar-refractivity contribution in [3.8, 4) is 0 Å². The number of carbonyl (C=O) groups excluding carboxylic acids is 3. The molecule has 204 valence electrons. The van der Waals surface area contributed by atoms with Crippen molar-refractivity contribution in [2.24, 2.45) is 0 Å². The van der Waals surface area contributed by atoms with E-state index in [1.807, 2.05) is 0 Å². The number of ketones is 1. The Morgan fingerprint density at radius 1 is 1.03 bits per heavy atom. The maximum atomic E-state index is 15.1. The number of phosphoric ester groups is 1. The zero-order chi connectivity index (χ0) is 27.7. The molecule has 0 saturated carbocycles. The Morgan fingerprint density at radius 3 is 2.36 bits per heavy atom. The molecule has 1 fully saturated rings. The second-order valence-corrected chi connectivity index (χ2v) is 10.0. The predicted molar refractivity (Wildman–Crippen MR) is 131 cm³/mol. The lowest BCUT2D eigenvalue weighted by Crippen LogP contribution is -2.52. The minimum absolute atomic E-state index is 0.0355. The van der Waals surface area contributed by atoms with Crippen molar-refractivity contribution in [1.29, 1.82) is 0 Å². The number of benzene rings is 1. The molecule has 1 aromatic heterocycles. The molecule has 0 spiro atoms. The average Bonchev–Trinajstić information content (AvgIpc) is 3.61. The third-order valence-electron chi connectivity index (χ3n) is 6.39. The number of nitrogens with zero attached hydrogens (tertiary/aromatic N) is 7. The highest BCUT2D eigenvalue weighted by Gasteiger charge is 2.42. The maximum absolute atomic E-state index is 15.1. The van der Waals surface area contributed by atoms with Crippen LogP contribution in [0.4, 0.5) is 4.48 Å². The van der Waals surface area contributed by atoms with Gasteiger partial charge in [0.1, 0.15) is 12.4 Å². The molecule has 1 aromatic carbocycles. The highest BCUT2D eigenvalue weighted by molar-refractivity contribution is 7.46. The van der Waals surface area contributed by atoms with Gasteiger partial charge in [-0.1, -0.05) is 27.9 Å². The number of fused-ring (bicyclic) bond motifs is 1. The zero-order valence-electron chi connectivity index (χ0n) is 20.3. The number of allylic oxidation sites excluding steroid dienone is 2. The summed E-state index contributed by atoms with van der Waals surface area (Å²) in [6, 6.07) is 8.69. The lowest BCUT2D eigenvalue weighted by Gasteiger charge is -2.34. The Morgan fingerprint density at radius 2 is 1.72 bits per heavy atom. The van der Waals surface area contributed by atoms with E-state index in [-0.39, 0.29) is 66.4 Å². The van der Waals surface area contributed by atoms with Gasteiger partial charge in [-0.2, -0.15) is 5.12 Å². The highest BCUT2D eigenvalue weighted by atomic mass is 31.2. The van der Waals surface area contributed by atoms with Gasteiger partial charge < -0.3 is 24.5 Å². The number of rotatable bonds is 7. The molecular formula is C23H23FN7O7P. The summed E-state index contributed by atoms with van der Waals surface area (Å²) >= 11 is 0. The summed E-state index contributed by atoms with van der Waals surface area (Å²) in [7, 11) is -4.92. The standard InChI is InChI=1S/C23H23FN7O7P/c24-30-8-6-18(31-9-7-25-26-31)20-19(30)17(14-29(20)15-38-39(35,36)37)21(32)23(34)28-12-10-27(11-13-28)22(33)16-4-2-1-3-5-16/h1-9H,10-15H2,(H2,35,36,37). The van der Waals surface area contributed by atoms with Gasteiger partial charge in [0.05, 0.1) is 35.9 Å². The van der Waals surface area contributed by atoms with Crippen molar-refractivity contribution in [2.45, 2.75) is 0 Å². The van der Waals surface area contributed by atoms with Crippen LogP contribution in [0.25, 0.3) is 5.70 Å². The van der Waals surface area contributed by atoms with Gasteiger partial charge in [-0.25, -0.2) is 9.25 Å². The molecule has 14 nitrogen and oxygen atoms in total. The third-order valence-corrected chi connectivity index (χ3v) is 6.84. The number of Topliss-reactive ketones (excluding diaryl/α,β-unsaturated/α-hetero) is 1. The number of hydrogen-bond donors (Lipinski definition) is 2. The smallest absolute Gasteiger partial charge is 0.340 e. The summed E-state index contributed by atoms with van der Waals surface area (Å²) in [6.45, 7) is -0.441. The number of carbonyl (C=O) groups is 3. The molecule has 3 aliphatic heterocycles. The van der Waals surface area contributed by atoms with Crippen molar-refractivity contribution in [2.75, 3.05) is 39.5 Å². The van der Waals surface area contributed by atoms with E-state index < -0.39 is 26.2 Å². The van der Waals surface area contributed by atoms with E-state index in [2.05, 4.69) is 14.8 Å². The molecular weight excluding hydrogens is 536 g/mol. The van der Waals surface area contributed by atoms with Crippen LogP contribution in [0.1, 0.15) is 10.4 Å². The van der Waals surface area contributed by atoms with Gasteiger partial charge in [-0.15, -0.1) is 5.10 Å². The minimum Gasteiger partial charge on any atom is -0.340 e. The number of amides is 2. The van der Waals surface area contributed by atoms with Crippen molar-refractivity contribution in [3.05, 3.63) is 77.5 Å². The Kier molecular flexibility index (Phi) is 7.14. The Balaban J connectivity index is 1.38. The van der Waals surface area contributed by atoms with Crippen LogP contribution in [0.5, 0.6) is 0 Å². The highest BCUT2D eigenvalue weighted by Crippen LogP contribution is 2.42.